The number of nitrogens with zero attached hydrogens (tertiary/aromatic N) is 5. The maximum atomic E-state index is 5.43. The van der Waals surface area contributed by atoms with Crippen molar-refractivity contribution < 1.29 is 4.79 Å². The van der Waals surface area contributed by atoms with Crippen molar-refractivity contribution >= 4 is 43.6 Å². The van der Waals surface area contributed by atoms with E-state index in [2.05, 4.69) is 264 Å². The van der Waals surface area contributed by atoms with Crippen LogP contribution < -0.4 is 4.79 Å². The molecule has 13 aromatic rings. The van der Waals surface area contributed by atoms with Gasteiger partial charge in [0.15, 0.2) is 0 Å². The van der Waals surface area contributed by atoms with Gasteiger partial charge in [0.1, 0.15) is 16.7 Å². The van der Waals surface area contributed by atoms with E-state index in [9.17, 15) is 0 Å². The number of para-hydroxylation sites is 2. The first-order chi connectivity index (χ1) is 33.7. The summed E-state index contributed by atoms with van der Waals surface area (Å²) in [6.07, 6.45) is 2.08. The van der Waals surface area contributed by atoms with Gasteiger partial charge in [-0.15, -0.1) is 0 Å². The van der Waals surface area contributed by atoms with Crippen LogP contribution in [-0.2, 0) is 0 Å². The van der Waals surface area contributed by atoms with Crippen LogP contribution in [0.1, 0.15) is 0 Å². The molecule has 0 aliphatic carbocycles. The number of hydrogen-bond acceptors (Lipinski definition) is 2. The van der Waals surface area contributed by atoms with Crippen LogP contribution in [0.4, 0.5) is 0 Å². The molecule has 13 rings (SSSR count). The largest absolute Gasteiger partial charge is 0.309 e. The molecule has 10 aromatic carbocycles. The molecule has 0 radical (unpaired) electrons. The van der Waals surface area contributed by atoms with Gasteiger partial charge in [-0.2, -0.15) is 0 Å². The Morgan fingerprint density at radius 1 is 0.324 bits per heavy atom. The monoisotopic (exact) mass is 868 g/mol. The van der Waals surface area contributed by atoms with Crippen molar-refractivity contribution in [2.24, 2.45) is 0 Å². The minimum absolute atomic E-state index is 0.626. The van der Waals surface area contributed by atoms with Crippen LogP contribution in [0.2, 0.25) is 0 Å². The van der Waals surface area contributed by atoms with Gasteiger partial charge in [-0.05, 0) is 81.4 Å². The fourth-order valence-electron chi connectivity index (χ4n) is 10.1. The summed E-state index contributed by atoms with van der Waals surface area (Å²) in [6, 6.07) is 88.6. The van der Waals surface area contributed by atoms with Crippen LogP contribution in [0.3, 0.4) is 0 Å². The normalized spacial score (nSPS) is 11.5. The molecule has 5 heteroatoms. The van der Waals surface area contributed by atoms with Gasteiger partial charge in [-0.3, -0.25) is 0 Å². The number of benzene rings is 10. The Balaban J connectivity index is 1.08. The lowest BCUT2D eigenvalue weighted by molar-refractivity contribution is -0.775. The second-order valence-electron chi connectivity index (χ2n) is 17.3. The molecule has 0 aliphatic heterocycles. The molecule has 0 bridgehead atoms. The summed E-state index contributed by atoms with van der Waals surface area (Å²) in [6.45, 7) is 0. The summed E-state index contributed by atoms with van der Waals surface area (Å²) >= 11 is 0. The highest BCUT2D eigenvalue weighted by molar-refractivity contribution is 6.28. The van der Waals surface area contributed by atoms with Crippen molar-refractivity contribution in [2.75, 3.05) is 0 Å². The van der Waals surface area contributed by atoms with Gasteiger partial charge in [0.25, 0.3) is 6.20 Å². The van der Waals surface area contributed by atoms with E-state index in [-0.39, 0.29) is 0 Å². The number of fused-ring (bicyclic) bond motifs is 7. The number of aromatic nitrogens is 5. The number of hydrogen-bond donors (Lipinski definition) is 0. The summed E-state index contributed by atoms with van der Waals surface area (Å²) in [5.74, 6) is 0.626. The highest BCUT2D eigenvalue weighted by atomic mass is 15.6. The summed E-state index contributed by atoms with van der Waals surface area (Å²) in [5, 5.41) is 10.1. The third-order valence-corrected chi connectivity index (χ3v) is 13.2. The molecule has 0 spiro atoms. The molecular weight excluding hydrogens is 827 g/mol. The summed E-state index contributed by atoms with van der Waals surface area (Å²) < 4.78 is 4.73. The van der Waals surface area contributed by atoms with Gasteiger partial charge >= 0.3 is 0 Å². The predicted molar refractivity (Wildman–Crippen MR) is 279 cm³/mol. The molecule has 0 unspecified atom stereocenters. The van der Waals surface area contributed by atoms with E-state index in [0.717, 1.165) is 72.2 Å². The maximum Gasteiger partial charge on any atom is 0.257 e. The Morgan fingerprint density at radius 3 is 1.44 bits per heavy atom. The van der Waals surface area contributed by atoms with Crippen molar-refractivity contribution in [1.29, 1.82) is 0 Å². The summed E-state index contributed by atoms with van der Waals surface area (Å²) in [7, 11) is 0. The molecule has 5 nitrogen and oxygen atoms in total. The third-order valence-electron chi connectivity index (χ3n) is 13.2. The Bertz CT molecular complexity index is 3900. The van der Waals surface area contributed by atoms with Crippen molar-refractivity contribution in [1.82, 2.24) is 19.3 Å². The van der Waals surface area contributed by atoms with Crippen LogP contribution in [-0.4, -0.2) is 19.3 Å². The van der Waals surface area contributed by atoms with E-state index >= 15 is 0 Å². The molecule has 0 atom stereocenters. The predicted octanol–water partition coefficient (Wildman–Crippen LogP) is 15.3. The van der Waals surface area contributed by atoms with Crippen LogP contribution in [0.5, 0.6) is 0 Å². The average Bonchev–Trinajstić information content (AvgIpc) is 3.94. The van der Waals surface area contributed by atoms with Gasteiger partial charge in [0, 0.05) is 43.0 Å². The van der Waals surface area contributed by atoms with Crippen LogP contribution >= 0.6 is 0 Å². The minimum atomic E-state index is 0.626. The van der Waals surface area contributed by atoms with Gasteiger partial charge < -0.3 is 4.57 Å². The second kappa shape index (κ2) is 16.4. The van der Waals surface area contributed by atoms with E-state index in [0.29, 0.717) is 5.82 Å². The highest BCUT2D eigenvalue weighted by Gasteiger charge is 2.27. The average molecular weight is 869 g/mol. The van der Waals surface area contributed by atoms with Gasteiger partial charge in [0.2, 0.25) is 5.82 Å². The van der Waals surface area contributed by atoms with Crippen LogP contribution in [0, 0.1) is 0 Å². The molecule has 0 saturated heterocycles. The lowest BCUT2D eigenvalue weighted by Gasteiger charge is -2.16. The molecule has 0 aliphatic rings. The summed E-state index contributed by atoms with van der Waals surface area (Å²) in [5.41, 5.74) is 17.4. The van der Waals surface area contributed by atoms with E-state index < -0.39 is 0 Å². The first kappa shape index (κ1) is 39.2. The van der Waals surface area contributed by atoms with E-state index in [1.165, 1.54) is 38.4 Å². The lowest BCUT2D eigenvalue weighted by Crippen LogP contribution is -2.46. The minimum Gasteiger partial charge on any atom is -0.309 e. The van der Waals surface area contributed by atoms with Crippen molar-refractivity contribution in [2.45, 2.75) is 0 Å². The SMILES string of the molecule is c1ccc(-c2cccc(-c3c[n+](-n4c5ccccc5c5c6c7ccccc7n(-c7cc(-c8ccccc8)ccc7-c7ccccc7)c6ccc54)nc(-c4cccc(-c5ccccc5)c4)n3)c2)cc1. The fraction of sp³-hybridized carbons (Fsp3) is 0. The smallest absolute Gasteiger partial charge is 0.257 e. The first-order valence-corrected chi connectivity index (χ1v) is 23.1. The van der Waals surface area contributed by atoms with Crippen molar-refractivity contribution in [3.8, 4) is 72.8 Å². The molecule has 3 aromatic heterocycles. The first-order valence-electron chi connectivity index (χ1n) is 23.1. The van der Waals surface area contributed by atoms with Crippen molar-refractivity contribution in [3.05, 3.63) is 255 Å². The Hall–Kier alpha value is -9.19. The van der Waals surface area contributed by atoms with E-state index in [1.807, 2.05) is 4.79 Å². The Labute approximate surface area is 393 Å². The second-order valence-corrected chi connectivity index (χ2v) is 17.3. The van der Waals surface area contributed by atoms with E-state index in [1.54, 1.807) is 0 Å². The standard InChI is InChI=1S/C63H42N5/c1-5-19-43(20-6-1)47-27-17-29-50(39-47)55-42-66(65-63(64-55)51-30-18-28-48(40-51)44-21-7-2-8-22-44)68-57-34-16-14-32-54(57)62-59(68)38-37-58-61(62)53-31-13-15-33-56(53)67(58)60-41-49(45-23-9-3-10-24-45)35-36-52(60)46-25-11-4-12-26-46/h1-42H/q+1. The van der Waals surface area contributed by atoms with Crippen LogP contribution in [0.15, 0.2) is 255 Å². The fourth-order valence-corrected chi connectivity index (χ4v) is 10.1. The van der Waals surface area contributed by atoms with Gasteiger partial charge in [0.05, 0.1) is 21.8 Å². The molecule has 0 N–H and O–H groups in total. The zero-order valence-electron chi connectivity index (χ0n) is 37.0. The molecule has 0 amide bonds. The molecule has 0 saturated carbocycles. The molecule has 0 fully saturated rings. The number of rotatable bonds is 8. The molecular formula is C63H42N5+. The molecule has 68 heavy (non-hydrogen) atoms. The van der Waals surface area contributed by atoms with Gasteiger partial charge in [-0.25, -0.2) is 4.98 Å². The Kier molecular flexibility index (Phi) is 9.43. The zero-order valence-corrected chi connectivity index (χ0v) is 37.0. The lowest BCUT2D eigenvalue weighted by atomic mass is 9.98. The third kappa shape index (κ3) is 6.68. The highest BCUT2D eigenvalue weighted by Crippen LogP contribution is 2.43. The van der Waals surface area contributed by atoms with Crippen molar-refractivity contribution in [3.63, 3.8) is 0 Å². The molecule has 318 valence electrons. The topological polar surface area (TPSA) is 39.5 Å². The quantitative estimate of drug-likeness (QED) is 0.143. The Morgan fingerprint density at radius 2 is 0.794 bits per heavy atom. The van der Waals surface area contributed by atoms with Crippen LogP contribution in [0.25, 0.3) is 116 Å². The van der Waals surface area contributed by atoms with E-state index in [4.69, 9.17) is 10.1 Å². The molecule has 3 heterocycles. The summed E-state index contributed by atoms with van der Waals surface area (Å²) in [4.78, 5) is 7.36. The van der Waals surface area contributed by atoms with Gasteiger partial charge in [-0.1, -0.05) is 211 Å². The zero-order chi connectivity index (χ0) is 45.0. The maximum absolute atomic E-state index is 5.43.